The van der Waals surface area contributed by atoms with Crippen LogP contribution in [0.25, 0.3) is 11.1 Å². The van der Waals surface area contributed by atoms with Crippen LogP contribution in [0.3, 0.4) is 0 Å². The highest BCUT2D eigenvalue weighted by Gasteiger charge is 2.26. The molecule has 0 fully saturated rings. The second-order valence-electron chi connectivity index (χ2n) is 7.02. The molecule has 0 unspecified atom stereocenters. The van der Waals surface area contributed by atoms with Crippen molar-refractivity contribution in [1.29, 1.82) is 0 Å². The molecule has 0 saturated heterocycles. The molecule has 3 aromatic rings. The van der Waals surface area contributed by atoms with Gasteiger partial charge in [0.2, 0.25) is 11.8 Å². The Kier molecular flexibility index (Phi) is 5.31. The summed E-state index contributed by atoms with van der Waals surface area (Å²) in [5.74, 6) is 0.320. The SMILES string of the molecule is Cc1nc(CC(=O)NC[C@@H]2Cc3cccc(-c4ccc(C(N)=O)cc4)c3O2)cs1. The fourth-order valence-electron chi connectivity index (χ4n) is 3.44. The first-order chi connectivity index (χ1) is 14.0. The van der Waals surface area contributed by atoms with Gasteiger partial charge in [0.1, 0.15) is 11.9 Å². The van der Waals surface area contributed by atoms with Gasteiger partial charge in [-0.05, 0) is 30.2 Å². The van der Waals surface area contributed by atoms with E-state index in [4.69, 9.17) is 10.5 Å². The quantitative estimate of drug-likeness (QED) is 0.657. The highest BCUT2D eigenvalue weighted by atomic mass is 32.1. The Bertz CT molecular complexity index is 1060. The number of amides is 2. The second kappa shape index (κ2) is 8.05. The van der Waals surface area contributed by atoms with Gasteiger partial charge >= 0.3 is 0 Å². The van der Waals surface area contributed by atoms with Crippen molar-refractivity contribution in [2.75, 3.05) is 6.54 Å². The molecule has 1 aliphatic rings. The van der Waals surface area contributed by atoms with Gasteiger partial charge in [-0.2, -0.15) is 0 Å². The molecule has 2 amide bonds. The molecular weight excluding hydrogens is 386 g/mol. The van der Waals surface area contributed by atoms with Gasteiger partial charge in [-0.3, -0.25) is 9.59 Å². The van der Waals surface area contributed by atoms with Crippen LogP contribution in [0.2, 0.25) is 0 Å². The van der Waals surface area contributed by atoms with E-state index in [0.717, 1.165) is 39.6 Å². The molecule has 1 aliphatic heterocycles. The van der Waals surface area contributed by atoms with Crippen LogP contribution in [0.15, 0.2) is 47.8 Å². The normalized spacial score (nSPS) is 14.9. The molecule has 7 heteroatoms. The molecule has 0 aliphatic carbocycles. The summed E-state index contributed by atoms with van der Waals surface area (Å²) in [6.45, 7) is 2.37. The Morgan fingerprint density at radius 3 is 2.72 bits per heavy atom. The lowest BCUT2D eigenvalue weighted by molar-refractivity contribution is -0.120. The van der Waals surface area contributed by atoms with Crippen molar-refractivity contribution >= 4 is 23.2 Å². The topological polar surface area (TPSA) is 94.3 Å². The highest BCUT2D eigenvalue weighted by molar-refractivity contribution is 7.09. The molecule has 29 heavy (non-hydrogen) atoms. The molecule has 1 aromatic heterocycles. The van der Waals surface area contributed by atoms with Gasteiger partial charge in [0.05, 0.1) is 23.7 Å². The van der Waals surface area contributed by atoms with Crippen LogP contribution < -0.4 is 15.8 Å². The largest absolute Gasteiger partial charge is 0.487 e. The Morgan fingerprint density at radius 2 is 2.03 bits per heavy atom. The van der Waals surface area contributed by atoms with E-state index < -0.39 is 5.91 Å². The average Bonchev–Trinajstić information content (AvgIpc) is 3.31. The zero-order chi connectivity index (χ0) is 20.4. The summed E-state index contributed by atoms with van der Waals surface area (Å²) in [6, 6.07) is 13.2. The third kappa shape index (κ3) is 4.30. The lowest BCUT2D eigenvalue weighted by Crippen LogP contribution is -2.35. The molecule has 148 valence electrons. The third-order valence-electron chi connectivity index (χ3n) is 4.84. The van der Waals surface area contributed by atoms with Gasteiger partial charge < -0.3 is 15.8 Å². The molecule has 0 bridgehead atoms. The van der Waals surface area contributed by atoms with Crippen LogP contribution in [0.1, 0.15) is 26.6 Å². The summed E-state index contributed by atoms with van der Waals surface area (Å²) < 4.78 is 6.15. The molecule has 4 rings (SSSR count). The number of nitrogens with zero attached hydrogens (tertiary/aromatic N) is 1. The van der Waals surface area contributed by atoms with Crippen molar-refractivity contribution in [3.63, 3.8) is 0 Å². The number of benzene rings is 2. The van der Waals surface area contributed by atoms with E-state index in [-0.39, 0.29) is 18.4 Å². The number of hydrogen-bond donors (Lipinski definition) is 2. The van der Waals surface area contributed by atoms with Crippen molar-refractivity contribution in [1.82, 2.24) is 10.3 Å². The van der Waals surface area contributed by atoms with Crippen LogP contribution in [-0.2, 0) is 17.6 Å². The number of nitrogens with one attached hydrogen (secondary N) is 1. The van der Waals surface area contributed by atoms with Crippen molar-refractivity contribution in [3.8, 4) is 16.9 Å². The van der Waals surface area contributed by atoms with E-state index in [1.165, 1.54) is 0 Å². The maximum absolute atomic E-state index is 12.2. The van der Waals surface area contributed by atoms with Crippen LogP contribution >= 0.6 is 11.3 Å². The van der Waals surface area contributed by atoms with Gasteiger partial charge in [-0.15, -0.1) is 11.3 Å². The third-order valence-corrected chi connectivity index (χ3v) is 5.67. The molecule has 6 nitrogen and oxygen atoms in total. The maximum Gasteiger partial charge on any atom is 0.248 e. The lowest BCUT2D eigenvalue weighted by atomic mass is 9.99. The average molecular weight is 407 g/mol. The Balaban J connectivity index is 1.41. The Morgan fingerprint density at radius 1 is 1.24 bits per heavy atom. The molecular formula is C22H21N3O3S. The van der Waals surface area contributed by atoms with E-state index in [2.05, 4.69) is 10.3 Å². The number of primary amides is 1. The van der Waals surface area contributed by atoms with Crippen LogP contribution in [-0.4, -0.2) is 29.4 Å². The minimum absolute atomic E-state index is 0.0582. The van der Waals surface area contributed by atoms with E-state index >= 15 is 0 Å². The number of fused-ring (bicyclic) bond motifs is 1. The number of carbonyl (C=O) groups is 2. The summed E-state index contributed by atoms with van der Waals surface area (Å²) in [5, 5.41) is 5.81. The summed E-state index contributed by atoms with van der Waals surface area (Å²) in [4.78, 5) is 27.8. The van der Waals surface area contributed by atoms with E-state index in [0.29, 0.717) is 12.1 Å². The van der Waals surface area contributed by atoms with Gasteiger partial charge in [0.25, 0.3) is 0 Å². The van der Waals surface area contributed by atoms with Crippen LogP contribution in [0, 0.1) is 6.92 Å². The molecule has 0 spiro atoms. The smallest absolute Gasteiger partial charge is 0.248 e. The van der Waals surface area contributed by atoms with Gasteiger partial charge in [-0.1, -0.05) is 30.3 Å². The maximum atomic E-state index is 12.2. The van der Waals surface area contributed by atoms with E-state index in [1.54, 1.807) is 23.5 Å². The summed E-state index contributed by atoms with van der Waals surface area (Å²) in [7, 11) is 0. The number of aryl methyl sites for hydroxylation is 1. The fraction of sp³-hybridized carbons (Fsp3) is 0.227. The Labute approximate surface area is 172 Å². The monoisotopic (exact) mass is 407 g/mol. The van der Waals surface area contributed by atoms with Gasteiger partial charge in [0.15, 0.2) is 0 Å². The predicted molar refractivity (Wildman–Crippen MR) is 112 cm³/mol. The number of aromatic nitrogens is 1. The minimum Gasteiger partial charge on any atom is -0.487 e. The van der Waals surface area contributed by atoms with Crippen molar-refractivity contribution in [3.05, 3.63) is 69.7 Å². The van der Waals surface area contributed by atoms with Gasteiger partial charge in [-0.25, -0.2) is 4.98 Å². The second-order valence-corrected chi connectivity index (χ2v) is 8.08. The molecule has 0 saturated carbocycles. The zero-order valence-electron chi connectivity index (χ0n) is 16.0. The van der Waals surface area contributed by atoms with Crippen LogP contribution in [0.5, 0.6) is 5.75 Å². The number of carbonyl (C=O) groups excluding carboxylic acids is 2. The first kappa shape index (κ1) is 19.1. The number of ether oxygens (including phenoxy) is 1. The number of nitrogens with two attached hydrogens (primary N) is 1. The van der Waals surface area contributed by atoms with Crippen molar-refractivity contribution in [2.24, 2.45) is 5.73 Å². The number of hydrogen-bond acceptors (Lipinski definition) is 5. The molecule has 1 atom stereocenters. The summed E-state index contributed by atoms with van der Waals surface area (Å²) in [5.41, 5.74) is 9.61. The zero-order valence-corrected chi connectivity index (χ0v) is 16.8. The van der Waals surface area contributed by atoms with E-state index in [1.807, 2.05) is 42.6 Å². The van der Waals surface area contributed by atoms with Crippen molar-refractivity contribution in [2.45, 2.75) is 25.9 Å². The van der Waals surface area contributed by atoms with E-state index in [9.17, 15) is 9.59 Å². The predicted octanol–water partition coefficient (Wildman–Crippen LogP) is 2.88. The summed E-state index contributed by atoms with van der Waals surface area (Å²) in [6.07, 6.45) is 0.900. The van der Waals surface area contributed by atoms with Crippen LogP contribution in [0.4, 0.5) is 0 Å². The minimum atomic E-state index is -0.449. The Hall–Kier alpha value is -3.19. The lowest BCUT2D eigenvalue weighted by Gasteiger charge is -2.13. The standard InChI is InChI=1S/C22H21N3O3S/c1-13-25-17(12-29-13)10-20(26)24-11-18-9-16-3-2-4-19(21(16)28-18)14-5-7-15(8-6-14)22(23)27/h2-8,12,18H,9-11H2,1H3,(H2,23,27)(H,24,26)/t18-/m0/s1. The molecule has 2 aromatic carbocycles. The highest BCUT2D eigenvalue weighted by Crippen LogP contribution is 2.38. The first-order valence-corrected chi connectivity index (χ1v) is 10.2. The molecule has 3 N–H and O–H groups in total. The van der Waals surface area contributed by atoms with Gasteiger partial charge in [0, 0.05) is 22.9 Å². The first-order valence-electron chi connectivity index (χ1n) is 9.36. The number of rotatable bonds is 6. The van der Waals surface area contributed by atoms with Crippen molar-refractivity contribution < 1.29 is 14.3 Å². The number of para-hydroxylation sites is 1. The fourth-order valence-corrected chi connectivity index (χ4v) is 4.05. The summed E-state index contributed by atoms with van der Waals surface area (Å²) >= 11 is 1.54. The molecule has 2 heterocycles. The molecule has 0 radical (unpaired) electrons. The number of thiazole rings is 1.